The van der Waals surface area contributed by atoms with Crippen LogP contribution in [0.2, 0.25) is 0 Å². The minimum absolute atomic E-state index is 0.144. The molecule has 4 aromatic carbocycles. The van der Waals surface area contributed by atoms with Crippen LogP contribution in [0, 0.1) is 0 Å². The Morgan fingerprint density at radius 1 is 0.846 bits per heavy atom. The molecular formula is C30H22BrF3N2O3. The minimum atomic E-state index is -4.43. The molecule has 4 aromatic rings. The minimum Gasteiger partial charge on any atom is -0.410 e. The molecule has 1 atom stereocenters. The van der Waals surface area contributed by atoms with E-state index in [2.05, 4.69) is 26.6 Å². The molecule has 5 nitrogen and oxygen atoms in total. The first-order valence-electron chi connectivity index (χ1n) is 12.1. The van der Waals surface area contributed by atoms with E-state index in [1.165, 1.54) is 12.1 Å². The zero-order chi connectivity index (χ0) is 27.6. The third-order valence-electron chi connectivity index (χ3n) is 6.44. The van der Waals surface area contributed by atoms with Crippen LogP contribution in [0.5, 0.6) is 5.75 Å². The second kappa shape index (κ2) is 10.9. The van der Waals surface area contributed by atoms with Gasteiger partial charge >= 0.3 is 12.3 Å². The van der Waals surface area contributed by atoms with Crippen molar-refractivity contribution in [3.63, 3.8) is 0 Å². The maximum absolute atomic E-state index is 13.2. The van der Waals surface area contributed by atoms with E-state index in [9.17, 15) is 22.8 Å². The number of ether oxygens (including phenoxy) is 1. The molecule has 0 aromatic heterocycles. The Morgan fingerprint density at radius 3 is 2.26 bits per heavy atom. The number of rotatable bonds is 5. The monoisotopic (exact) mass is 594 g/mol. The number of alkyl halides is 3. The number of hydrogen-bond acceptors (Lipinski definition) is 3. The summed E-state index contributed by atoms with van der Waals surface area (Å²) in [5, 5.41) is 5.77. The molecular weight excluding hydrogens is 573 g/mol. The molecule has 2 N–H and O–H groups in total. The predicted octanol–water partition coefficient (Wildman–Crippen LogP) is 7.64. The highest BCUT2D eigenvalue weighted by molar-refractivity contribution is 9.10. The first-order valence-corrected chi connectivity index (χ1v) is 12.9. The molecule has 2 amide bonds. The summed E-state index contributed by atoms with van der Waals surface area (Å²) < 4.78 is 45.1. The fourth-order valence-corrected chi connectivity index (χ4v) is 4.84. The molecule has 0 saturated heterocycles. The van der Waals surface area contributed by atoms with Crippen LogP contribution in [0.4, 0.5) is 23.7 Å². The standard InChI is InChI=1S/C30H22BrF3N2O3/c31-22-10-13-25(14-11-22)39-29(38)36-24-15-19-7-12-23(16-20(19)17-24)35-28(37)27-4-2-1-3-26(27)18-5-8-21(9-6-18)30(32,33)34/h1-14,16,24H,15,17H2,(H,35,37)(H,36,38). The molecule has 1 aliphatic carbocycles. The first-order chi connectivity index (χ1) is 18.7. The van der Waals surface area contributed by atoms with Gasteiger partial charge in [-0.1, -0.05) is 52.3 Å². The van der Waals surface area contributed by atoms with E-state index in [4.69, 9.17) is 4.74 Å². The number of anilines is 1. The van der Waals surface area contributed by atoms with E-state index in [0.717, 1.165) is 27.7 Å². The van der Waals surface area contributed by atoms with Gasteiger partial charge < -0.3 is 15.4 Å². The van der Waals surface area contributed by atoms with E-state index in [-0.39, 0.29) is 11.9 Å². The molecule has 5 rings (SSSR count). The van der Waals surface area contributed by atoms with Crippen molar-refractivity contribution in [1.29, 1.82) is 0 Å². The highest BCUT2D eigenvalue weighted by atomic mass is 79.9. The van der Waals surface area contributed by atoms with Crippen LogP contribution in [0.15, 0.2) is 95.5 Å². The Labute approximate surface area is 231 Å². The number of fused-ring (bicyclic) bond motifs is 1. The summed E-state index contributed by atoms with van der Waals surface area (Å²) in [7, 11) is 0. The molecule has 0 spiro atoms. The number of hydrogen-bond donors (Lipinski definition) is 2. The molecule has 1 unspecified atom stereocenters. The number of benzene rings is 4. The topological polar surface area (TPSA) is 67.4 Å². The number of carbonyl (C=O) groups is 2. The largest absolute Gasteiger partial charge is 0.416 e. The molecule has 0 heterocycles. The summed E-state index contributed by atoms with van der Waals surface area (Å²) in [6.45, 7) is 0. The van der Waals surface area contributed by atoms with E-state index in [1.54, 1.807) is 54.6 Å². The first kappa shape index (κ1) is 26.5. The van der Waals surface area contributed by atoms with Crippen molar-refractivity contribution in [1.82, 2.24) is 5.32 Å². The summed E-state index contributed by atoms with van der Waals surface area (Å²) in [4.78, 5) is 25.5. The summed E-state index contributed by atoms with van der Waals surface area (Å²) in [5.74, 6) is 0.0592. The predicted molar refractivity (Wildman–Crippen MR) is 146 cm³/mol. The second-order valence-electron chi connectivity index (χ2n) is 9.15. The van der Waals surface area contributed by atoms with Crippen molar-refractivity contribution >= 4 is 33.6 Å². The molecule has 0 aliphatic heterocycles. The normalized spacial score (nSPS) is 14.4. The Hall–Kier alpha value is -4.11. The zero-order valence-electron chi connectivity index (χ0n) is 20.4. The van der Waals surface area contributed by atoms with Crippen molar-refractivity contribution in [2.75, 3.05) is 5.32 Å². The maximum atomic E-state index is 13.2. The van der Waals surface area contributed by atoms with E-state index >= 15 is 0 Å². The smallest absolute Gasteiger partial charge is 0.410 e. The van der Waals surface area contributed by atoms with Gasteiger partial charge in [0.05, 0.1) is 5.56 Å². The van der Waals surface area contributed by atoms with Gasteiger partial charge in [-0.2, -0.15) is 13.2 Å². The maximum Gasteiger partial charge on any atom is 0.416 e. The fraction of sp³-hybridized carbons (Fsp3) is 0.133. The summed E-state index contributed by atoms with van der Waals surface area (Å²) in [6.07, 6.45) is -3.76. The molecule has 0 saturated carbocycles. The Kier molecular flexibility index (Phi) is 7.43. The van der Waals surface area contributed by atoms with Crippen molar-refractivity contribution < 1.29 is 27.5 Å². The third-order valence-corrected chi connectivity index (χ3v) is 6.97. The second-order valence-corrected chi connectivity index (χ2v) is 10.1. The van der Waals surface area contributed by atoms with Crippen LogP contribution < -0.4 is 15.4 Å². The van der Waals surface area contributed by atoms with Gasteiger partial charge in [0, 0.05) is 21.8 Å². The number of amides is 2. The van der Waals surface area contributed by atoms with Crippen LogP contribution in [0.25, 0.3) is 11.1 Å². The summed E-state index contributed by atoms with van der Waals surface area (Å²) in [6, 6.07) is 23.9. The Morgan fingerprint density at radius 2 is 1.54 bits per heavy atom. The van der Waals surface area contributed by atoms with E-state index in [0.29, 0.717) is 41.0 Å². The van der Waals surface area contributed by atoms with Crippen LogP contribution in [0.3, 0.4) is 0 Å². The SMILES string of the molecule is O=C(NC1Cc2ccc(NC(=O)c3ccccc3-c3ccc(C(F)(F)F)cc3)cc2C1)Oc1ccc(Br)cc1. The van der Waals surface area contributed by atoms with Gasteiger partial charge in [0.15, 0.2) is 0 Å². The van der Waals surface area contributed by atoms with Gasteiger partial charge in [0.1, 0.15) is 5.75 Å². The lowest BCUT2D eigenvalue weighted by Crippen LogP contribution is -2.37. The van der Waals surface area contributed by atoms with Crippen LogP contribution in [-0.2, 0) is 19.0 Å². The van der Waals surface area contributed by atoms with Crippen molar-refractivity contribution in [3.05, 3.63) is 118 Å². The van der Waals surface area contributed by atoms with Crippen molar-refractivity contribution in [2.24, 2.45) is 0 Å². The number of halogens is 4. The van der Waals surface area contributed by atoms with Crippen molar-refractivity contribution in [3.8, 4) is 16.9 Å². The van der Waals surface area contributed by atoms with Gasteiger partial charge in [-0.05, 0) is 89.7 Å². The average Bonchev–Trinajstić information content (AvgIpc) is 3.31. The fourth-order valence-electron chi connectivity index (χ4n) is 4.57. The summed E-state index contributed by atoms with van der Waals surface area (Å²) >= 11 is 3.34. The van der Waals surface area contributed by atoms with Gasteiger partial charge in [-0.15, -0.1) is 0 Å². The molecule has 1 aliphatic rings. The van der Waals surface area contributed by atoms with Crippen LogP contribution >= 0.6 is 15.9 Å². The molecule has 198 valence electrons. The van der Waals surface area contributed by atoms with Gasteiger partial charge in [-0.25, -0.2) is 4.79 Å². The highest BCUT2D eigenvalue weighted by Gasteiger charge is 2.30. The molecule has 0 radical (unpaired) electrons. The number of nitrogens with one attached hydrogen (secondary N) is 2. The third kappa shape index (κ3) is 6.31. The lowest BCUT2D eigenvalue weighted by Gasteiger charge is -2.13. The highest BCUT2D eigenvalue weighted by Crippen LogP contribution is 2.32. The van der Waals surface area contributed by atoms with Gasteiger partial charge in [0.25, 0.3) is 5.91 Å². The summed E-state index contributed by atoms with van der Waals surface area (Å²) in [5.41, 5.74) is 3.27. The number of carbonyl (C=O) groups excluding carboxylic acids is 2. The van der Waals surface area contributed by atoms with Crippen molar-refractivity contribution in [2.45, 2.75) is 25.1 Å². The average molecular weight is 595 g/mol. The molecule has 39 heavy (non-hydrogen) atoms. The zero-order valence-corrected chi connectivity index (χ0v) is 22.0. The quantitative estimate of drug-likeness (QED) is 0.249. The Bertz CT molecular complexity index is 1520. The van der Waals surface area contributed by atoms with Crippen LogP contribution in [0.1, 0.15) is 27.0 Å². The van der Waals surface area contributed by atoms with Gasteiger partial charge in [-0.3, -0.25) is 4.79 Å². The van der Waals surface area contributed by atoms with E-state index < -0.39 is 17.8 Å². The van der Waals surface area contributed by atoms with Gasteiger partial charge in [0.2, 0.25) is 0 Å². The molecule has 0 fully saturated rings. The Balaban J connectivity index is 1.24. The molecule has 9 heteroatoms. The van der Waals surface area contributed by atoms with E-state index in [1.807, 2.05) is 12.1 Å². The lowest BCUT2D eigenvalue weighted by molar-refractivity contribution is -0.137. The van der Waals surface area contributed by atoms with Crippen LogP contribution in [-0.4, -0.2) is 18.0 Å². The molecule has 0 bridgehead atoms. The lowest BCUT2D eigenvalue weighted by atomic mass is 9.98.